The van der Waals surface area contributed by atoms with Gasteiger partial charge in [-0.3, -0.25) is 9.89 Å². The summed E-state index contributed by atoms with van der Waals surface area (Å²) < 4.78 is 10.4. The van der Waals surface area contributed by atoms with Crippen LogP contribution in [0.2, 0.25) is 0 Å². The third-order valence-corrected chi connectivity index (χ3v) is 3.68. The molecule has 2 aromatic carbocycles. The lowest BCUT2D eigenvalue weighted by molar-refractivity contribution is 0.0950. The Morgan fingerprint density at radius 3 is 2.58 bits per heavy atom. The number of carbonyl (C=O) groups is 1. The van der Waals surface area contributed by atoms with Crippen molar-refractivity contribution in [2.24, 2.45) is 5.10 Å². The van der Waals surface area contributed by atoms with Gasteiger partial charge in [0.2, 0.25) is 0 Å². The highest BCUT2D eigenvalue weighted by Gasteiger charge is 2.10. The number of amides is 1. The number of nitrogens with one attached hydrogen (secondary N) is 2. The number of benzene rings is 2. The fraction of sp³-hybridized carbons (Fsp3) is 0.105. The Balaban J connectivity index is 1.66. The van der Waals surface area contributed by atoms with Gasteiger partial charge in [0, 0.05) is 5.56 Å². The Bertz CT molecular complexity index is 920. The first kappa shape index (κ1) is 17.2. The van der Waals surface area contributed by atoms with Crippen molar-refractivity contribution in [1.82, 2.24) is 15.6 Å². The number of nitrogens with zero attached hydrogens (tertiary/aromatic N) is 2. The molecule has 3 rings (SSSR count). The second kappa shape index (κ2) is 7.98. The summed E-state index contributed by atoms with van der Waals surface area (Å²) in [5.41, 5.74) is 5.18. The Labute approximate surface area is 150 Å². The molecular formula is C19H18N4O3. The van der Waals surface area contributed by atoms with Crippen LogP contribution in [0.15, 0.2) is 59.7 Å². The van der Waals surface area contributed by atoms with Crippen LogP contribution in [0.3, 0.4) is 0 Å². The maximum Gasteiger partial charge on any atom is 0.289 e. The van der Waals surface area contributed by atoms with Crippen molar-refractivity contribution >= 4 is 12.1 Å². The van der Waals surface area contributed by atoms with Gasteiger partial charge < -0.3 is 9.47 Å². The molecule has 2 N–H and O–H groups in total. The lowest BCUT2D eigenvalue weighted by Crippen LogP contribution is -2.18. The van der Waals surface area contributed by atoms with Crippen LogP contribution in [0.4, 0.5) is 0 Å². The molecule has 26 heavy (non-hydrogen) atoms. The number of carbonyl (C=O) groups excluding carboxylic acids is 1. The summed E-state index contributed by atoms with van der Waals surface area (Å²) in [5, 5.41) is 10.8. The summed E-state index contributed by atoms with van der Waals surface area (Å²) in [5.74, 6) is 0.833. The average Bonchev–Trinajstić information content (AvgIpc) is 3.19. The second-order valence-electron chi connectivity index (χ2n) is 5.35. The summed E-state index contributed by atoms with van der Waals surface area (Å²) in [6, 6.07) is 16.6. The van der Waals surface area contributed by atoms with Crippen LogP contribution in [-0.2, 0) is 0 Å². The minimum Gasteiger partial charge on any atom is -0.493 e. The molecule has 1 heterocycles. The van der Waals surface area contributed by atoms with Gasteiger partial charge in [-0.25, -0.2) is 5.43 Å². The van der Waals surface area contributed by atoms with Crippen LogP contribution in [0.25, 0.3) is 11.3 Å². The Morgan fingerprint density at radius 1 is 1.08 bits per heavy atom. The molecule has 3 aromatic rings. The van der Waals surface area contributed by atoms with E-state index in [1.807, 2.05) is 30.3 Å². The first-order valence-corrected chi connectivity index (χ1v) is 7.87. The number of methoxy groups -OCH3 is 2. The van der Waals surface area contributed by atoms with Gasteiger partial charge in [-0.1, -0.05) is 30.3 Å². The van der Waals surface area contributed by atoms with Crippen LogP contribution >= 0.6 is 0 Å². The fourth-order valence-electron chi connectivity index (χ4n) is 2.35. The van der Waals surface area contributed by atoms with Crippen molar-refractivity contribution in [1.29, 1.82) is 0 Å². The molecule has 0 aliphatic heterocycles. The number of hydrogen-bond acceptors (Lipinski definition) is 5. The quantitative estimate of drug-likeness (QED) is 0.528. The molecule has 0 aliphatic carbocycles. The SMILES string of the molecule is COc1ccc(/C=N/NC(=O)c2cc(-c3ccccc3)n[nH]2)cc1OC. The van der Waals surface area contributed by atoms with Crippen molar-refractivity contribution in [2.75, 3.05) is 14.2 Å². The van der Waals surface area contributed by atoms with E-state index in [4.69, 9.17) is 9.47 Å². The Hall–Kier alpha value is -3.61. The van der Waals surface area contributed by atoms with E-state index in [0.29, 0.717) is 22.9 Å². The standard InChI is InChI=1S/C19H18N4O3/c1-25-17-9-8-13(10-18(17)26-2)12-20-23-19(24)16-11-15(21-22-16)14-6-4-3-5-7-14/h3-12H,1-2H3,(H,21,22)(H,23,24)/b20-12+. The van der Waals surface area contributed by atoms with Crippen molar-refractivity contribution in [3.8, 4) is 22.8 Å². The fourth-order valence-corrected chi connectivity index (χ4v) is 2.35. The predicted molar refractivity (Wildman–Crippen MR) is 98.6 cm³/mol. The van der Waals surface area contributed by atoms with Gasteiger partial charge in [0.1, 0.15) is 5.69 Å². The van der Waals surface area contributed by atoms with Gasteiger partial charge in [-0.15, -0.1) is 0 Å². The number of aromatic nitrogens is 2. The topological polar surface area (TPSA) is 88.6 Å². The van der Waals surface area contributed by atoms with E-state index < -0.39 is 0 Å². The van der Waals surface area contributed by atoms with E-state index in [2.05, 4.69) is 20.7 Å². The van der Waals surface area contributed by atoms with Gasteiger partial charge in [0.25, 0.3) is 5.91 Å². The molecule has 0 spiro atoms. The third-order valence-electron chi connectivity index (χ3n) is 3.68. The molecule has 0 bridgehead atoms. The molecule has 0 fully saturated rings. The van der Waals surface area contributed by atoms with Crippen LogP contribution in [0, 0.1) is 0 Å². The van der Waals surface area contributed by atoms with E-state index in [1.165, 1.54) is 6.21 Å². The van der Waals surface area contributed by atoms with Crippen LogP contribution < -0.4 is 14.9 Å². The van der Waals surface area contributed by atoms with E-state index in [1.54, 1.807) is 38.5 Å². The molecule has 132 valence electrons. The Morgan fingerprint density at radius 2 is 1.85 bits per heavy atom. The molecule has 0 saturated heterocycles. The van der Waals surface area contributed by atoms with Crippen LogP contribution in [0.1, 0.15) is 16.1 Å². The maximum absolute atomic E-state index is 12.2. The predicted octanol–water partition coefficient (Wildman–Crippen LogP) is 2.86. The lowest BCUT2D eigenvalue weighted by atomic mass is 10.1. The maximum atomic E-state index is 12.2. The summed E-state index contributed by atoms with van der Waals surface area (Å²) >= 11 is 0. The van der Waals surface area contributed by atoms with Gasteiger partial charge in [0.15, 0.2) is 11.5 Å². The van der Waals surface area contributed by atoms with Gasteiger partial charge in [0.05, 0.1) is 26.1 Å². The van der Waals surface area contributed by atoms with Crippen LogP contribution in [-0.4, -0.2) is 36.5 Å². The summed E-state index contributed by atoms with van der Waals surface area (Å²) in [6.45, 7) is 0. The number of ether oxygens (including phenoxy) is 2. The summed E-state index contributed by atoms with van der Waals surface area (Å²) in [7, 11) is 3.13. The van der Waals surface area contributed by atoms with E-state index in [9.17, 15) is 4.79 Å². The third kappa shape index (κ3) is 3.89. The molecule has 0 saturated carbocycles. The largest absolute Gasteiger partial charge is 0.493 e. The minimum absolute atomic E-state index is 0.327. The molecule has 0 atom stereocenters. The van der Waals surface area contributed by atoms with E-state index in [-0.39, 0.29) is 5.91 Å². The zero-order chi connectivity index (χ0) is 18.4. The molecule has 1 amide bonds. The van der Waals surface area contributed by atoms with E-state index >= 15 is 0 Å². The normalized spacial score (nSPS) is 10.7. The van der Waals surface area contributed by atoms with E-state index in [0.717, 1.165) is 11.1 Å². The van der Waals surface area contributed by atoms with Crippen LogP contribution in [0.5, 0.6) is 11.5 Å². The zero-order valence-corrected chi connectivity index (χ0v) is 14.4. The second-order valence-corrected chi connectivity index (χ2v) is 5.35. The number of rotatable bonds is 6. The van der Waals surface area contributed by atoms with Crippen molar-refractivity contribution < 1.29 is 14.3 Å². The van der Waals surface area contributed by atoms with Gasteiger partial charge >= 0.3 is 0 Å². The molecule has 1 aromatic heterocycles. The first-order valence-electron chi connectivity index (χ1n) is 7.87. The molecule has 7 heteroatoms. The lowest BCUT2D eigenvalue weighted by Gasteiger charge is -2.07. The number of aromatic amines is 1. The van der Waals surface area contributed by atoms with Gasteiger partial charge in [-0.2, -0.15) is 10.2 Å². The number of H-pyrrole nitrogens is 1. The summed E-state index contributed by atoms with van der Waals surface area (Å²) in [4.78, 5) is 12.2. The highest BCUT2D eigenvalue weighted by molar-refractivity contribution is 5.94. The first-order chi connectivity index (χ1) is 12.7. The number of hydrazone groups is 1. The van der Waals surface area contributed by atoms with Crippen molar-refractivity contribution in [2.45, 2.75) is 0 Å². The zero-order valence-electron chi connectivity index (χ0n) is 14.4. The highest BCUT2D eigenvalue weighted by atomic mass is 16.5. The molecular weight excluding hydrogens is 332 g/mol. The average molecular weight is 350 g/mol. The smallest absolute Gasteiger partial charge is 0.289 e. The monoisotopic (exact) mass is 350 g/mol. The summed E-state index contributed by atoms with van der Waals surface area (Å²) in [6.07, 6.45) is 1.52. The molecule has 7 nitrogen and oxygen atoms in total. The van der Waals surface area contributed by atoms with Gasteiger partial charge in [-0.05, 0) is 29.8 Å². The number of hydrogen-bond donors (Lipinski definition) is 2. The molecule has 0 radical (unpaired) electrons. The van der Waals surface area contributed by atoms with Crippen molar-refractivity contribution in [3.63, 3.8) is 0 Å². The molecule has 0 aliphatic rings. The Kier molecular flexibility index (Phi) is 5.28. The highest BCUT2D eigenvalue weighted by Crippen LogP contribution is 2.26. The molecule has 0 unspecified atom stereocenters. The van der Waals surface area contributed by atoms with Crippen molar-refractivity contribution in [3.05, 3.63) is 65.9 Å². The minimum atomic E-state index is -0.378.